The number of ether oxygens (including phenoxy) is 5. The smallest absolute Gasteiger partial charge is 0.186 e. The minimum atomic E-state index is -1.34. The lowest BCUT2D eigenvalue weighted by Crippen LogP contribution is -2.63. The highest BCUT2D eigenvalue weighted by atomic mass is 28.3. The number of hydrogen-bond donors (Lipinski definition) is 1. The average Bonchev–Trinajstić information content (AvgIpc) is 2.95. The molecule has 1 N–H and O–H groups in total. The van der Waals surface area contributed by atoms with E-state index in [-0.39, 0.29) is 0 Å². The van der Waals surface area contributed by atoms with Crippen LogP contribution in [0, 0.1) is 0 Å². The Balaban J connectivity index is 1.62. The van der Waals surface area contributed by atoms with E-state index in [4.69, 9.17) is 23.7 Å². The molecule has 1 heterocycles. The van der Waals surface area contributed by atoms with Crippen LogP contribution in [0.4, 0.5) is 0 Å². The number of hydrogen-bond acceptors (Lipinski definition) is 6. The van der Waals surface area contributed by atoms with Gasteiger partial charge in [-0.1, -0.05) is 111 Å². The molecule has 0 unspecified atom stereocenters. The molecule has 3 aromatic rings. The molecule has 4 rings (SSSR count). The van der Waals surface area contributed by atoms with Crippen LogP contribution in [0.1, 0.15) is 23.6 Å². The minimum absolute atomic E-state index is 0.357. The summed E-state index contributed by atoms with van der Waals surface area (Å²) in [6, 6.07) is 31.1. The largest absolute Gasteiger partial charge is 0.391 e. The zero-order valence-corrected chi connectivity index (χ0v) is 25.1. The first-order valence-electron chi connectivity index (χ1n) is 14.2. The third-order valence-electron chi connectivity index (χ3n) is 7.00. The van der Waals surface area contributed by atoms with Crippen molar-refractivity contribution in [2.45, 2.75) is 89.2 Å². The second-order valence-corrected chi connectivity index (χ2v) is 17.3. The highest BCUT2D eigenvalue weighted by Crippen LogP contribution is 2.33. The maximum Gasteiger partial charge on any atom is 0.186 e. The van der Waals surface area contributed by atoms with Crippen LogP contribution in [0.25, 0.3) is 0 Å². The second-order valence-electron chi connectivity index (χ2n) is 11.7. The molecule has 3 aromatic carbocycles. The SMILES string of the molecule is C[C@H](O)[C@H]1O[C@@H](OCC[Si](C)(C)C)[C@H](OCc2ccccc2)[C@@H](OCc2ccccc2)[C@H]1OCc1ccccc1. The fourth-order valence-corrected chi connectivity index (χ4v) is 5.43. The van der Waals surface area contributed by atoms with Gasteiger partial charge in [-0.3, -0.25) is 0 Å². The van der Waals surface area contributed by atoms with Crippen molar-refractivity contribution in [3.63, 3.8) is 0 Å². The molecule has 0 saturated carbocycles. The van der Waals surface area contributed by atoms with Gasteiger partial charge in [0.15, 0.2) is 6.29 Å². The molecular weight excluding hydrogens is 520 g/mol. The van der Waals surface area contributed by atoms with Crippen LogP contribution in [0.3, 0.4) is 0 Å². The lowest BCUT2D eigenvalue weighted by Gasteiger charge is -2.47. The third kappa shape index (κ3) is 9.35. The quantitative estimate of drug-likeness (QED) is 0.235. The fourth-order valence-electron chi connectivity index (χ4n) is 4.69. The molecule has 0 amide bonds. The van der Waals surface area contributed by atoms with Crippen molar-refractivity contribution in [1.82, 2.24) is 0 Å². The summed E-state index contributed by atoms with van der Waals surface area (Å²) in [6.07, 6.45) is -3.86. The molecule has 0 bridgehead atoms. The highest BCUT2D eigenvalue weighted by molar-refractivity contribution is 6.76. The topological polar surface area (TPSA) is 66.4 Å². The summed E-state index contributed by atoms with van der Waals surface area (Å²) < 4.78 is 32.5. The molecule has 40 heavy (non-hydrogen) atoms. The summed E-state index contributed by atoms with van der Waals surface area (Å²) in [6.45, 7) is 10.3. The van der Waals surface area contributed by atoms with Crippen molar-refractivity contribution < 1.29 is 28.8 Å². The lowest BCUT2D eigenvalue weighted by molar-refractivity contribution is -0.332. The predicted octanol–water partition coefficient (Wildman–Crippen LogP) is 6.20. The summed E-state index contributed by atoms with van der Waals surface area (Å²) >= 11 is 0. The summed E-state index contributed by atoms with van der Waals surface area (Å²) in [5.74, 6) is 0. The monoisotopic (exact) mass is 564 g/mol. The summed E-state index contributed by atoms with van der Waals surface area (Å²) in [7, 11) is -1.34. The van der Waals surface area contributed by atoms with Gasteiger partial charge in [-0.15, -0.1) is 0 Å². The van der Waals surface area contributed by atoms with Gasteiger partial charge >= 0.3 is 0 Å². The Hall–Kier alpha value is -2.36. The molecule has 1 saturated heterocycles. The highest BCUT2D eigenvalue weighted by Gasteiger charge is 2.50. The first-order valence-corrected chi connectivity index (χ1v) is 17.9. The number of rotatable bonds is 14. The van der Waals surface area contributed by atoms with E-state index in [1.54, 1.807) is 6.92 Å². The van der Waals surface area contributed by atoms with Gasteiger partial charge in [-0.25, -0.2) is 0 Å². The average molecular weight is 565 g/mol. The van der Waals surface area contributed by atoms with Gasteiger partial charge in [-0.2, -0.15) is 0 Å². The van der Waals surface area contributed by atoms with E-state index in [0.717, 1.165) is 22.7 Å². The number of benzene rings is 3. The molecule has 1 aliphatic rings. The van der Waals surface area contributed by atoms with Gasteiger partial charge in [0.05, 0.1) is 25.9 Å². The van der Waals surface area contributed by atoms with Gasteiger partial charge in [0, 0.05) is 14.7 Å². The van der Waals surface area contributed by atoms with Crippen LogP contribution in [-0.2, 0) is 43.5 Å². The van der Waals surface area contributed by atoms with Crippen molar-refractivity contribution in [2.24, 2.45) is 0 Å². The van der Waals surface area contributed by atoms with Crippen LogP contribution < -0.4 is 0 Å². The normalized spacial score (nSPS) is 24.1. The fraction of sp³-hybridized carbons (Fsp3) is 0.455. The Labute approximate surface area is 240 Å². The molecular formula is C33H44O6Si. The Morgan fingerprint density at radius 3 is 1.50 bits per heavy atom. The third-order valence-corrected chi connectivity index (χ3v) is 8.70. The molecule has 6 nitrogen and oxygen atoms in total. The second kappa shape index (κ2) is 15.0. The van der Waals surface area contributed by atoms with Crippen LogP contribution in [0.5, 0.6) is 0 Å². The first-order chi connectivity index (χ1) is 19.3. The molecule has 0 spiro atoms. The van der Waals surface area contributed by atoms with E-state index in [9.17, 15) is 5.11 Å². The molecule has 1 fully saturated rings. The van der Waals surface area contributed by atoms with Gasteiger partial charge in [0.25, 0.3) is 0 Å². The van der Waals surface area contributed by atoms with Crippen LogP contribution in [0.15, 0.2) is 91.0 Å². The van der Waals surface area contributed by atoms with E-state index < -0.39 is 44.9 Å². The van der Waals surface area contributed by atoms with Crippen molar-refractivity contribution in [3.05, 3.63) is 108 Å². The maximum absolute atomic E-state index is 10.9. The van der Waals surface area contributed by atoms with E-state index in [0.29, 0.717) is 26.4 Å². The van der Waals surface area contributed by atoms with Gasteiger partial charge in [0.2, 0.25) is 0 Å². The van der Waals surface area contributed by atoms with E-state index in [2.05, 4.69) is 19.6 Å². The van der Waals surface area contributed by atoms with E-state index in [1.807, 2.05) is 91.0 Å². The van der Waals surface area contributed by atoms with Crippen LogP contribution in [0.2, 0.25) is 25.7 Å². The molecule has 6 atom stereocenters. The molecule has 0 aliphatic carbocycles. The number of aliphatic hydroxyl groups excluding tert-OH is 1. The zero-order valence-electron chi connectivity index (χ0n) is 24.1. The van der Waals surface area contributed by atoms with E-state index in [1.165, 1.54) is 0 Å². The predicted molar refractivity (Wildman–Crippen MR) is 160 cm³/mol. The molecule has 0 aromatic heterocycles. The van der Waals surface area contributed by atoms with Crippen molar-refractivity contribution in [3.8, 4) is 0 Å². The van der Waals surface area contributed by atoms with Crippen molar-refractivity contribution >= 4 is 8.07 Å². The standard InChI is InChI=1S/C33H44O6Si/c1-25(34)29-30(36-22-26-14-8-5-9-15-26)31(37-23-27-16-10-6-11-17-27)32(38-24-28-18-12-7-13-19-28)33(39-29)35-20-21-40(2,3)4/h5-19,25,29-34H,20-24H2,1-4H3/t25-,29+,30-,31-,32+,33+/m0/s1. The molecule has 216 valence electrons. The van der Waals surface area contributed by atoms with Crippen molar-refractivity contribution in [2.75, 3.05) is 6.61 Å². The summed E-state index contributed by atoms with van der Waals surface area (Å²) in [4.78, 5) is 0. The lowest BCUT2D eigenvalue weighted by atomic mass is 9.94. The van der Waals surface area contributed by atoms with E-state index >= 15 is 0 Å². The van der Waals surface area contributed by atoms with Crippen LogP contribution in [-0.4, -0.2) is 56.6 Å². The molecule has 7 heteroatoms. The zero-order chi connectivity index (χ0) is 28.4. The van der Waals surface area contributed by atoms with Gasteiger partial charge in [0.1, 0.15) is 24.4 Å². The maximum atomic E-state index is 10.9. The molecule has 1 aliphatic heterocycles. The van der Waals surface area contributed by atoms with Gasteiger partial charge < -0.3 is 28.8 Å². The Morgan fingerprint density at radius 2 is 1.07 bits per heavy atom. The minimum Gasteiger partial charge on any atom is -0.391 e. The summed E-state index contributed by atoms with van der Waals surface area (Å²) in [5, 5.41) is 10.9. The Kier molecular flexibility index (Phi) is 11.5. The molecule has 0 radical (unpaired) electrons. The Bertz CT molecular complexity index is 1110. The number of aliphatic hydroxyl groups is 1. The summed E-state index contributed by atoms with van der Waals surface area (Å²) in [5.41, 5.74) is 3.12. The van der Waals surface area contributed by atoms with Crippen molar-refractivity contribution in [1.29, 1.82) is 0 Å². The van der Waals surface area contributed by atoms with Gasteiger partial charge in [-0.05, 0) is 29.7 Å². The Morgan fingerprint density at radius 1 is 0.650 bits per heavy atom. The first kappa shape index (κ1) is 30.6. The van der Waals surface area contributed by atoms with Crippen LogP contribution >= 0.6 is 0 Å².